The van der Waals surface area contributed by atoms with E-state index in [0.29, 0.717) is 11.4 Å². The number of aromatic hydroxyl groups is 3. The highest BCUT2D eigenvalue weighted by Crippen LogP contribution is 2.24. The van der Waals surface area contributed by atoms with Crippen LogP contribution >= 0.6 is 0 Å². The van der Waals surface area contributed by atoms with E-state index in [-0.39, 0.29) is 22.8 Å². The van der Waals surface area contributed by atoms with Crippen molar-refractivity contribution in [2.45, 2.75) is 39.0 Å². The van der Waals surface area contributed by atoms with Crippen LogP contribution in [-0.4, -0.2) is 21.3 Å². The largest absolute Gasteiger partial charge is 0.508 e. The van der Waals surface area contributed by atoms with E-state index in [4.69, 9.17) is 15.6 Å². The molecule has 0 amide bonds. The summed E-state index contributed by atoms with van der Waals surface area (Å²) in [5.74, 6) is -0.0466. The SMILES string of the molecule is CCCCCCc1ccc(O)cc1O.Nc1ccc(C(=O)Oc2ccccc2)c(O)c1. The van der Waals surface area contributed by atoms with E-state index in [1.54, 1.807) is 36.4 Å². The fourth-order valence-electron chi connectivity index (χ4n) is 2.88. The minimum absolute atomic E-state index is 0.0862. The van der Waals surface area contributed by atoms with Gasteiger partial charge in [-0.1, -0.05) is 50.5 Å². The van der Waals surface area contributed by atoms with Crippen molar-refractivity contribution >= 4 is 11.7 Å². The molecule has 0 atom stereocenters. The zero-order valence-corrected chi connectivity index (χ0v) is 17.6. The first-order chi connectivity index (χ1) is 14.9. The topological polar surface area (TPSA) is 113 Å². The van der Waals surface area contributed by atoms with Gasteiger partial charge in [0.25, 0.3) is 0 Å². The van der Waals surface area contributed by atoms with Gasteiger partial charge in [0, 0.05) is 17.8 Å². The highest BCUT2D eigenvalue weighted by molar-refractivity contribution is 5.94. The highest BCUT2D eigenvalue weighted by Gasteiger charge is 2.13. The Balaban J connectivity index is 0.000000225. The predicted molar refractivity (Wildman–Crippen MR) is 122 cm³/mol. The van der Waals surface area contributed by atoms with Crippen LogP contribution < -0.4 is 10.5 Å². The van der Waals surface area contributed by atoms with Gasteiger partial charge in [0.15, 0.2) is 0 Å². The molecule has 0 fully saturated rings. The summed E-state index contributed by atoms with van der Waals surface area (Å²) in [5, 5.41) is 28.1. The monoisotopic (exact) mass is 423 g/mol. The van der Waals surface area contributed by atoms with E-state index in [9.17, 15) is 15.0 Å². The molecule has 6 nitrogen and oxygen atoms in total. The third kappa shape index (κ3) is 7.93. The number of carbonyl (C=O) groups excluding carboxylic acids is 1. The van der Waals surface area contributed by atoms with Crippen LogP contribution in [0.2, 0.25) is 0 Å². The lowest BCUT2D eigenvalue weighted by molar-refractivity contribution is 0.0731. The van der Waals surface area contributed by atoms with Crippen molar-refractivity contribution in [3.63, 3.8) is 0 Å². The summed E-state index contributed by atoms with van der Waals surface area (Å²) in [4.78, 5) is 11.7. The maximum absolute atomic E-state index is 11.7. The van der Waals surface area contributed by atoms with Crippen LogP contribution in [0.15, 0.2) is 66.7 Å². The predicted octanol–water partition coefficient (Wildman–Crippen LogP) is 5.41. The third-order valence-corrected chi connectivity index (χ3v) is 4.56. The number of nitrogen functional groups attached to an aromatic ring is 1. The molecular weight excluding hydrogens is 394 g/mol. The van der Waals surface area contributed by atoms with E-state index in [1.807, 2.05) is 6.07 Å². The number of hydrogen-bond donors (Lipinski definition) is 4. The molecule has 0 unspecified atom stereocenters. The van der Waals surface area contributed by atoms with Crippen molar-refractivity contribution in [3.8, 4) is 23.0 Å². The maximum atomic E-state index is 11.7. The van der Waals surface area contributed by atoms with Gasteiger partial charge in [0.2, 0.25) is 0 Å². The smallest absolute Gasteiger partial charge is 0.347 e. The minimum Gasteiger partial charge on any atom is -0.508 e. The summed E-state index contributed by atoms with van der Waals surface area (Å²) >= 11 is 0. The molecule has 3 rings (SSSR count). The standard InChI is InChI=1S/C13H11NO3.C12H18O2/c14-9-6-7-11(12(15)8-9)13(16)17-10-4-2-1-3-5-10;1-2-3-4-5-6-10-7-8-11(13)9-12(10)14/h1-8,15H,14H2;7-9,13-14H,2-6H2,1H3. The summed E-state index contributed by atoms with van der Waals surface area (Å²) in [5.41, 5.74) is 6.87. The lowest BCUT2D eigenvalue weighted by atomic mass is 10.1. The van der Waals surface area contributed by atoms with E-state index < -0.39 is 5.97 Å². The number of phenols is 3. The minimum atomic E-state index is -0.617. The summed E-state index contributed by atoms with van der Waals surface area (Å²) < 4.78 is 5.08. The maximum Gasteiger partial charge on any atom is 0.347 e. The highest BCUT2D eigenvalue weighted by atomic mass is 16.5. The zero-order valence-electron chi connectivity index (χ0n) is 17.6. The number of para-hydroxylation sites is 1. The molecule has 0 spiro atoms. The van der Waals surface area contributed by atoms with Crippen LogP contribution in [0.5, 0.6) is 23.0 Å². The van der Waals surface area contributed by atoms with Crippen molar-refractivity contribution in [2.24, 2.45) is 0 Å². The van der Waals surface area contributed by atoms with Gasteiger partial charge in [-0.25, -0.2) is 4.79 Å². The number of ether oxygens (including phenoxy) is 1. The van der Waals surface area contributed by atoms with Gasteiger partial charge >= 0.3 is 5.97 Å². The Morgan fingerprint density at radius 3 is 2.26 bits per heavy atom. The first kappa shape index (κ1) is 23.6. The van der Waals surface area contributed by atoms with Gasteiger partial charge in [0.05, 0.1) is 0 Å². The van der Waals surface area contributed by atoms with Crippen LogP contribution in [-0.2, 0) is 6.42 Å². The van der Waals surface area contributed by atoms with Crippen molar-refractivity contribution < 1.29 is 24.9 Å². The zero-order chi connectivity index (χ0) is 22.6. The second-order valence-electron chi connectivity index (χ2n) is 7.10. The molecule has 3 aromatic carbocycles. The number of unbranched alkanes of at least 4 members (excludes halogenated alkanes) is 3. The van der Waals surface area contributed by atoms with E-state index >= 15 is 0 Å². The molecule has 0 heterocycles. The first-order valence-corrected chi connectivity index (χ1v) is 10.3. The van der Waals surface area contributed by atoms with Gasteiger partial charge in [-0.2, -0.15) is 0 Å². The lowest BCUT2D eigenvalue weighted by Gasteiger charge is -2.06. The molecule has 0 aliphatic heterocycles. The molecule has 0 radical (unpaired) electrons. The fourth-order valence-corrected chi connectivity index (χ4v) is 2.88. The van der Waals surface area contributed by atoms with Gasteiger partial charge in [-0.05, 0) is 48.7 Å². The number of rotatable bonds is 7. The molecule has 0 aliphatic carbocycles. The first-order valence-electron chi connectivity index (χ1n) is 10.3. The quantitative estimate of drug-likeness (QED) is 0.175. The number of phenolic OH excluding ortho intramolecular Hbond substituents is 3. The van der Waals surface area contributed by atoms with Gasteiger partial charge in [-0.15, -0.1) is 0 Å². The van der Waals surface area contributed by atoms with Crippen LogP contribution in [0.25, 0.3) is 0 Å². The summed E-state index contributed by atoms with van der Waals surface area (Å²) in [6.07, 6.45) is 5.68. The molecule has 0 saturated heterocycles. The molecule has 0 aromatic heterocycles. The van der Waals surface area contributed by atoms with Crippen molar-refractivity contribution in [2.75, 3.05) is 5.73 Å². The second-order valence-corrected chi connectivity index (χ2v) is 7.10. The lowest BCUT2D eigenvalue weighted by Crippen LogP contribution is -2.08. The number of hydrogen-bond acceptors (Lipinski definition) is 6. The normalized spacial score (nSPS) is 10.1. The molecule has 0 saturated carbocycles. The number of benzene rings is 3. The van der Waals surface area contributed by atoms with Gasteiger partial charge < -0.3 is 25.8 Å². The number of aryl methyl sites for hydroxylation is 1. The van der Waals surface area contributed by atoms with Crippen molar-refractivity contribution in [1.29, 1.82) is 0 Å². The molecule has 5 N–H and O–H groups in total. The number of nitrogens with two attached hydrogens (primary N) is 1. The van der Waals surface area contributed by atoms with E-state index in [2.05, 4.69) is 6.92 Å². The van der Waals surface area contributed by atoms with Crippen LogP contribution in [0.4, 0.5) is 5.69 Å². The Bertz CT molecular complexity index is 973. The van der Waals surface area contributed by atoms with Gasteiger partial charge in [-0.3, -0.25) is 0 Å². The summed E-state index contributed by atoms with van der Waals surface area (Å²) in [6, 6.07) is 17.7. The van der Waals surface area contributed by atoms with Crippen LogP contribution in [0.1, 0.15) is 48.5 Å². The average molecular weight is 424 g/mol. The van der Waals surface area contributed by atoms with Crippen LogP contribution in [0.3, 0.4) is 0 Å². The van der Waals surface area contributed by atoms with Crippen molar-refractivity contribution in [1.82, 2.24) is 0 Å². The number of esters is 1. The fraction of sp³-hybridized carbons (Fsp3) is 0.240. The summed E-state index contributed by atoms with van der Waals surface area (Å²) in [7, 11) is 0. The Morgan fingerprint density at radius 1 is 0.871 bits per heavy atom. The number of carbonyl (C=O) groups is 1. The van der Waals surface area contributed by atoms with Crippen molar-refractivity contribution in [3.05, 3.63) is 77.9 Å². The molecule has 0 bridgehead atoms. The van der Waals surface area contributed by atoms with Gasteiger partial charge in [0.1, 0.15) is 28.6 Å². The van der Waals surface area contributed by atoms with E-state index in [0.717, 1.165) is 18.4 Å². The van der Waals surface area contributed by atoms with E-state index in [1.165, 1.54) is 43.5 Å². The Kier molecular flexibility index (Phi) is 9.23. The molecule has 0 aliphatic rings. The average Bonchev–Trinajstić information content (AvgIpc) is 2.73. The Labute approximate surface area is 182 Å². The second kappa shape index (κ2) is 12.1. The molecular formula is C25H29NO5. The molecule has 31 heavy (non-hydrogen) atoms. The molecule has 6 heteroatoms. The molecule has 3 aromatic rings. The van der Waals surface area contributed by atoms with Crippen LogP contribution in [0, 0.1) is 0 Å². The summed E-state index contributed by atoms with van der Waals surface area (Å²) in [6.45, 7) is 2.18. The number of anilines is 1. The Hall–Kier alpha value is -3.67. The molecule has 164 valence electrons. The Morgan fingerprint density at radius 2 is 1.61 bits per heavy atom. The third-order valence-electron chi connectivity index (χ3n) is 4.56.